The number of aromatic hydroxyl groups is 1. The molecule has 2 aliphatic heterocycles. The van der Waals surface area contributed by atoms with Crippen molar-refractivity contribution in [1.29, 1.82) is 0 Å². The third-order valence-corrected chi connectivity index (χ3v) is 5.87. The first-order chi connectivity index (χ1) is 15.2. The normalized spacial score (nSPS) is 22.0. The van der Waals surface area contributed by atoms with Crippen molar-refractivity contribution in [3.05, 3.63) is 28.8 Å². The van der Waals surface area contributed by atoms with Gasteiger partial charge in [-0.2, -0.15) is 0 Å². The van der Waals surface area contributed by atoms with Gasteiger partial charge in [-0.15, -0.1) is 0 Å². The van der Waals surface area contributed by atoms with Gasteiger partial charge in [-0.05, 0) is 32.9 Å². The lowest BCUT2D eigenvalue weighted by atomic mass is 10.0. The van der Waals surface area contributed by atoms with Crippen LogP contribution in [-0.4, -0.2) is 93.9 Å². The Kier molecular flexibility index (Phi) is 11.1. The monoisotopic (exact) mass is 436 g/mol. The molecule has 0 spiro atoms. The minimum atomic E-state index is 0.440. The summed E-state index contributed by atoms with van der Waals surface area (Å²) in [5.41, 5.74) is 3.22. The minimum Gasteiger partial charge on any atom is -0.507 e. The van der Waals surface area contributed by atoms with Crippen LogP contribution in [0.2, 0.25) is 0 Å². The van der Waals surface area contributed by atoms with E-state index in [1.807, 2.05) is 0 Å². The van der Waals surface area contributed by atoms with Crippen molar-refractivity contribution in [1.82, 2.24) is 9.80 Å². The molecule has 0 aliphatic carbocycles. The van der Waals surface area contributed by atoms with Gasteiger partial charge in [-0.25, -0.2) is 0 Å². The molecule has 0 radical (unpaired) electrons. The first-order valence-corrected chi connectivity index (χ1v) is 11.8. The number of benzene rings is 1. The molecule has 1 N–H and O–H groups in total. The van der Waals surface area contributed by atoms with Crippen molar-refractivity contribution in [3.63, 3.8) is 0 Å². The average molecular weight is 437 g/mol. The van der Waals surface area contributed by atoms with Crippen molar-refractivity contribution >= 4 is 0 Å². The number of hydrogen-bond acceptors (Lipinski definition) is 7. The lowest BCUT2D eigenvalue weighted by Crippen LogP contribution is -2.31. The van der Waals surface area contributed by atoms with E-state index in [0.717, 1.165) is 43.9 Å². The molecule has 2 saturated heterocycles. The van der Waals surface area contributed by atoms with E-state index in [1.54, 1.807) is 0 Å². The molecule has 0 saturated carbocycles. The highest BCUT2D eigenvalue weighted by Crippen LogP contribution is 2.28. The lowest BCUT2D eigenvalue weighted by Gasteiger charge is -2.28. The molecule has 7 heteroatoms. The van der Waals surface area contributed by atoms with Crippen molar-refractivity contribution in [2.45, 2.75) is 39.3 Å². The maximum atomic E-state index is 11.0. The van der Waals surface area contributed by atoms with Crippen LogP contribution in [0.4, 0.5) is 0 Å². The SMILES string of the molecule is Cc1cc(CN2CCCCC2)c(O)c(CN2CCOCCOCCOCCOCC2)c1. The third kappa shape index (κ3) is 9.04. The van der Waals surface area contributed by atoms with Gasteiger partial charge in [0.2, 0.25) is 0 Å². The number of piperidine rings is 1. The topological polar surface area (TPSA) is 63.6 Å². The fourth-order valence-corrected chi connectivity index (χ4v) is 4.19. The standard InChI is InChI=1S/C24H40N2O5/c1-21-17-22(19-25-5-3-2-4-6-25)24(27)23(18-21)20-26-7-9-28-11-13-30-15-16-31-14-12-29-10-8-26/h17-18,27H,2-16,19-20H2,1H3. The predicted molar refractivity (Wildman–Crippen MR) is 121 cm³/mol. The predicted octanol–water partition coefficient (Wildman–Crippen LogP) is 2.57. The number of phenolic OH excluding ortho intramolecular Hbond substituents is 1. The van der Waals surface area contributed by atoms with Crippen molar-refractivity contribution in [2.75, 3.05) is 79.0 Å². The second-order valence-electron chi connectivity index (χ2n) is 8.49. The molecule has 0 amide bonds. The van der Waals surface area contributed by atoms with Crippen LogP contribution in [0.15, 0.2) is 12.1 Å². The average Bonchev–Trinajstić information content (AvgIpc) is 2.78. The Balaban J connectivity index is 1.61. The number of nitrogens with zero attached hydrogens (tertiary/aromatic N) is 2. The Morgan fingerprint density at radius 2 is 1.06 bits per heavy atom. The number of phenols is 1. The zero-order valence-corrected chi connectivity index (χ0v) is 19.2. The van der Waals surface area contributed by atoms with E-state index in [1.165, 1.54) is 24.8 Å². The fourth-order valence-electron chi connectivity index (χ4n) is 4.19. The van der Waals surface area contributed by atoms with E-state index in [0.29, 0.717) is 65.1 Å². The van der Waals surface area contributed by atoms with Crippen LogP contribution in [-0.2, 0) is 32.0 Å². The van der Waals surface area contributed by atoms with Gasteiger partial charge in [-0.3, -0.25) is 9.80 Å². The van der Waals surface area contributed by atoms with Crippen LogP contribution in [0.3, 0.4) is 0 Å². The van der Waals surface area contributed by atoms with E-state index in [2.05, 4.69) is 28.9 Å². The molecule has 2 heterocycles. The summed E-state index contributed by atoms with van der Waals surface area (Å²) in [7, 11) is 0. The van der Waals surface area contributed by atoms with Gasteiger partial charge in [0.1, 0.15) is 5.75 Å². The highest BCUT2D eigenvalue weighted by molar-refractivity contribution is 5.43. The quantitative estimate of drug-likeness (QED) is 0.778. The maximum Gasteiger partial charge on any atom is 0.124 e. The molecule has 0 atom stereocenters. The zero-order chi connectivity index (χ0) is 21.7. The minimum absolute atomic E-state index is 0.440. The summed E-state index contributed by atoms with van der Waals surface area (Å²) < 4.78 is 22.5. The summed E-state index contributed by atoms with van der Waals surface area (Å²) in [4.78, 5) is 4.75. The Hall–Kier alpha value is -1.22. The molecule has 2 aliphatic rings. The maximum absolute atomic E-state index is 11.0. The molecule has 31 heavy (non-hydrogen) atoms. The van der Waals surface area contributed by atoms with Crippen LogP contribution < -0.4 is 0 Å². The molecule has 3 rings (SSSR count). The highest BCUT2D eigenvalue weighted by atomic mass is 16.6. The summed E-state index contributed by atoms with van der Waals surface area (Å²) in [6.45, 7) is 12.2. The first kappa shape index (κ1) is 24.4. The van der Waals surface area contributed by atoms with Crippen LogP contribution >= 0.6 is 0 Å². The molecule has 7 nitrogen and oxygen atoms in total. The fraction of sp³-hybridized carbons (Fsp3) is 0.750. The smallest absolute Gasteiger partial charge is 0.124 e. The Labute approximate surface area is 187 Å². The van der Waals surface area contributed by atoms with E-state index in [9.17, 15) is 5.11 Å². The molecule has 0 aromatic heterocycles. The molecule has 0 bridgehead atoms. The van der Waals surface area contributed by atoms with E-state index < -0.39 is 0 Å². The van der Waals surface area contributed by atoms with Crippen molar-refractivity contribution in [2.24, 2.45) is 0 Å². The summed E-state index contributed by atoms with van der Waals surface area (Å²) in [6, 6.07) is 4.24. The Bertz CT molecular complexity index is 621. The van der Waals surface area contributed by atoms with E-state index in [-0.39, 0.29) is 0 Å². The summed E-state index contributed by atoms with van der Waals surface area (Å²) in [5, 5.41) is 11.0. The summed E-state index contributed by atoms with van der Waals surface area (Å²) in [5.74, 6) is 0.440. The van der Waals surface area contributed by atoms with Crippen LogP contribution in [0.25, 0.3) is 0 Å². The van der Waals surface area contributed by atoms with Gasteiger partial charge in [-0.1, -0.05) is 24.1 Å². The van der Waals surface area contributed by atoms with Crippen molar-refractivity contribution < 1.29 is 24.1 Å². The zero-order valence-electron chi connectivity index (χ0n) is 19.2. The Morgan fingerprint density at radius 3 is 1.55 bits per heavy atom. The number of hydrogen-bond donors (Lipinski definition) is 1. The van der Waals surface area contributed by atoms with Gasteiger partial charge in [0, 0.05) is 37.3 Å². The number of rotatable bonds is 4. The van der Waals surface area contributed by atoms with E-state index >= 15 is 0 Å². The third-order valence-electron chi connectivity index (χ3n) is 5.87. The van der Waals surface area contributed by atoms with Crippen LogP contribution in [0, 0.1) is 6.92 Å². The lowest BCUT2D eigenvalue weighted by molar-refractivity contribution is 0.00206. The molecule has 176 valence electrons. The van der Waals surface area contributed by atoms with Gasteiger partial charge in [0.15, 0.2) is 0 Å². The molecule has 1 aromatic rings. The highest BCUT2D eigenvalue weighted by Gasteiger charge is 2.17. The molecule has 2 fully saturated rings. The number of ether oxygens (including phenoxy) is 4. The second-order valence-corrected chi connectivity index (χ2v) is 8.49. The molecular formula is C24H40N2O5. The Morgan fingerprint density at radius 1 is 0.645 bits per heavy atom. The van der Waals surface area contributed by atoms with Crippen LogP contribution in [0.1, 0.15) is 36.0 Å². The van der Waals surface area contributed by atoms with Gasteiger partial charge < -0.3 is 24.1 Å². The number of aryl methyl sites for hydroxylation is 1. The summed E-state index contributed by atoms with van der Waals surface area (Å²) >= 11 is 0. The molecule has 1 aromatic carbocycles. The molecular weight excluding hydrogens is 396 g/mol. The van der Waals surface area contributed by atoms with Crippen LogP contribution in [0.5, 0.6) is 5.75 Å². The largest absolute Gasteiger partial charge is 0.507 e. The summed E-state index contributed by atoms with van der Waals surface area (Å²) in [6.07, 6.45) is 3.82. The van der Waals surface area contributed by atoms with Crippen molar-refractivity contribution in [3.8, 4) is 5.75 Å². The second kappa shape index (κ2) is 14.0. The van der Waals surface area contributed by atoms with Gasteiger partial charge >= 0.3 is 0 Å². The van der Waals surface area contributed by atoms with Gasteiger partial charge in [0.25, 0.3) is 0 Å². The van der Waals surface area contributed by atoms with Gasteiger partial charge in [0.05, 0.1) is 52.9 Å². The molecule has 0 unspecified atom stereocenters. The first-order valence-electron chi connectivity index (χ1n) is 11.8. The number of likely N-dealkylation sites (tertiary alicyclic amines) is 1. The van der Waals surface area contributed by atoms with E-state index in [4.69, 9.17) is 18.9 Å².